The lowest BCUT2D eigenvalue weighted by molar-refractivity contribution is -0.144. The fourth-order valence-electron chi connectivity index (χ4n) is 8.35. The first-order valence-corrected chi connectivity index (χ1v) is 15.6. The Morgan fingerprint density at radius 3 is 2.23 bits per heavy atom. The van der Waals surface area contributed by atoms with E-state index >= 15 is 0 Å². The second kappa shape index (κ2) is 10.2. The van der Waals surface area contributed by atoms with E-state index < -0.39 is 45.2 Å². The third-order valence-corrected chi connectivity index (χ3v) is 11.9. The molecule has 5 aliphatic rings. The van der Waals surface area contributed by atoms with Gasteiger partial charge in [-0.15, -0.1) is 23.2 Å². The lowest BCUT2D eigenvalue weighted by atomic mass is 9.56. The highest BCUT2D eigenvalue weighted by Crippen LogP contribution is 2.65. The third-order valence-electron chi connectivity index (χ3n) is 10.4. The number of aromatic hydroxyl groups is 1. The van der Waals surface area contributed by atoms with Crippen LogP contribution in [-0.4, -0.2) is 79.4 Å². The van der Waals surface area contributed by atoms with E-state index in [0.717, 1.165) is 30.1 Å². The summed E-state index contributed by atoms with van der Waals surface area (Å²) in [5, 5.41) is 9.96. The predicted octanol–water partition coefficient (Wildman–Crippen LogP) is 4.05. The number of imide groups is 2. The molecule has 1 N–H and O–H groups in total. The van der Waals surface area contributed by atoms with Gasteiger partial charge in [0.05, 0.1) is 11.8 Å². The van der Waals surface area contributed by atoms with Crippen LogP contribution in [-0.2, 0) is 25.7 Å². The number of nitrogens with zero attached hydrogens (tertiary/aromatic N) is 3. The summed E-state index contributed by atoms with van der Waals surface area (Å²) in [7, 11) is 1.38. The van der Waals surface area contributed by atoms with Gasteiger partial charge in [-0.2, -0.15) is 0 Å². The minimum atomic E-state index is -1.82. The number of alkyl halides is 2. The van der Waals surface area contributed by atoms with Gasteiger partial charge in [-0.3, -0.25) is 33.9 Å². The normalized spacial score (nSPS) is 34.7. The summed E-state index contributed by atoms with van der Waals surface area (Å²) in [5.74, 6) is -4.10. The van der Waals surface area contributed by atoms with Crippen LogP contribution >= 0.6 is 23.2 Å². The maximum Gasteiger partial charge on any atom is 0.253 e. The zero-order valence-electron chi connectivity index (χ0n) is 23.8. The van der Waals surface area contributed by atoms with Crippen molar-refractivity contribution in [1.82, 2.24) is 14.7 Å². The number of hydrogen-bond donors (Lipinski definition) is 1. The van der Waals surface area contributed by atoms with Crippen molar-refractivity contribution in [3.63, 3.8) is 0 Å². The van der Waals surface area contributed by atoms with Crippen LogP contribution in [0.25, 0.3) is 0 Å². The van der Waals surface area contributed by atoms with Gasteiger partial charge in [0.2, 0.25) is 11.8 Å². The molecule has 1 saturated carbocycles. The van der Waals surface area contributed by atoms with E-state index in [2.05, 4.69) is 17.0 Å². The Balaban J connectivity index is 1.19. The van der Waals surface area contributed by atoms with Crippen LogP contribution in [0.2, 0.25) is 0 Å². The monoisotopic (exact) mass is 621 g/mol. The molecule has 3 aliphatic heterocycles. The molecule has 0 unspecified atom stereocenters. The molecule has 8 nitrogen and oxygen atoms in total. The van der Waals surface area contributed by atoms with Gasteiger partial charge in [0.1, 0.15) is 5.75 Å². The fourth-order valence-corrected chi connectivity index (χ4v) is 9.37. The van der Waals surface area contributed by atoms with E-state index in [1.54, 1.807) is 12.1 Å². The number of piperidine rings is 1. The first-order chi connectivity index (χ1) is 20.6. The Hall–Kier alpha value is -3.20. The summed E-state index contributed by atoms with van der Waals surface area (Å²) < 4.78 is 0. The molecule has 6 atom stereocenters. The number of phenols is 1. The Morgan fingerprint density at radius 2 is 1.56 bits per heavy atom. The quantitative estimate of drug-likeness (QED) is 0.314. The smallest absolute Gasteiger partial charge is 0.253 e. The van der Waals surface area contributed by atoms with E-state index in [9.17, 15) is 24.3 Å². The minimum Gasteiger partial charge on any atom is -0.508 e. The number of carbonyl (C=O) groups is 4. The van der Waals surface area contributed by atoms with Crippen LogP contribution in [0.5, 0.6) is 5.75 Å². The largest absolute Gasteiger partial charge is 0.508 e. The summed E-state index contributed by atoms with van der Waals surface area (Å²) in [6, 6.07) is 16.4. The number of halogens is 2. The molecule has 3 heterocycles. The Kier molecular flexibility index (Phi) is 6.76. The van der Waals surface area contributed by atoms with Crippen molar-refractivity contribution in [3.8, 4) is 5.75 Å². The van der Waals surface area contributed by atoms with Crippen molar-refractivity contribution in [1.29, 1.82) is 0 Å². The van der Waals surface area contributed by atoms with Gasteiger partial charge in [0.15, 0.2) is 9.75 Å². The van der Waals surface area contributed by atoms with Crippen LogP contribution in [0.1, 0.15) is 42.7 Å². The lowest BCUT2D eigenvalue weighted by Gasteiger charge is -2.50. The Bertz CT molecular complexity index is 1540. The van der Waals surface area contributed by atoms with Crippen LogP contribution in [0.3, 0.4) is 0 Å². The van der Waals surface area contributed by atoms with Crippen molar-refractivity contribution >= 4 is 46.8 Å². The molecule has 2 aliphatic carbocycles. The van der Waals surface area contributed by atoms with Crippen molar-refractivity contribution in [3.05, 3.63) is 77.4 Å². The molecule has 4 amide bonds. The number of carbonyl (C=O) groups excluding carboxylic acids is 4. The molecular weight excluding hydrogens is 589 g/mol. The number of rotatable bonds is 4. The molecule has 0 spiro atoms. The molecule has 3 saturated heterocycles. The highest BCUT2D eigenvalue weighted by Gasteiger charge is 2.75. The molecule has 10 heteroatoms. The number of amides is 4. The molecule has 0 aromatic heterocycles. The second-order valence-corrected chi connectivity index (χ2v) is 13.9. The number of fused-ring (bicyclic) bond motifs is 4. The van der Waals surface area contributed by atoms with E-state index in [4.69, 9.17) is 23.2 Å². The molecule has 0 radical (unpaired) electrons. The first-order valence-electron chi connectivity index (χ1n) is 14.9. The predicted molar refractivity (Wildman–Crippen MR) is 160 cm³/mol. The van der Waals surface area contributed by atoms with Crippen LogP contribution < -0.4 is 0 Å². The van der Waals surface area contributed by atoms with Gasteiger partial charge in [-0.1, -0.05) is 54.1 Å². The van der Waals surface area contributed by atoms with Crippen molar-refractivity contribution in [2.75, 3.05) is 20.1 Å². The van der Waals surface area contributed by atoms with E-state index in [-0.39, 0.29) is 30.0 Å². The molecule has 7 rings (SSSR count). The average molecular weight is 623 g/mol. The molecule has 2 aromatic rings. The standard InChI is InChI=1S/C33H33Cl2N3O5/c1-36-30(42)32(34)17-25-23(27(33(32,35)31(36)43)20-7-9-22(39)10-8-20)11-12-24-26(25)29(41)38(28(24)40)21-13-15-37(16-14-21)18-19-5-3-2-4-6-19/h2-11,21,24-27,39H,12-18H2,1H3/t24-,25+,26-,27-,32+,33-/m0/s1. The molecule has 0 bridgehead atoms. The Morgan fingerprint density at radius 1 is 0.884 bits per heavy atom. The summed E-state index contributed by atoms with van der Waals surface area (Å²) in [4.78, 5) is 56.5. The number of benzene rings is 2. The van der Waals surface area contributed by atoms with E-state index in [1.165, 1.54) is 29.6 Å². The summed E-state index contributed by atoms with van der Waals surface area (Å²) in [6.45, 7) is 2.39. The second-order valence-electron chi connectivity index (χ2n) is 12.6. The summed E-state index contributed by atoms with van der Waals surface area (Å²) in [6.07, 6.45) is 3.67. The van der Waals surface area contributed by atoms with Gasteiger partial charge in [-0.05, 0) is 54.9 Å². The maximum atomic E-state index is 14.2. The minimum absolute atomic E-state index is 0.0169. The number of hydrogen-bond acceptors (Lipinski definition) is 6. The lowest BCUT2D eigenvalue weighted by Crippen LogP contribution is -2.60. The molecule has 224 valence electrons. The van der Waals surface area contributed by atoms with Crippen LogP contribution in [0.15, 0.2) is 66.2 Å². The number of likely N-dealkylation sites (tertiary alicyclic amines) is 3. The van der Waals surface area contributed by atoms with Crippen LogP contribution in [0, 0.1) is 17.8 Å². The summed E-state index contributed by atoms with van der Waals surface area (Å²) in [5.41, 5.74) is 2.61. The maximum absolute atomic E-state index is 14.2. The number of phenolic OH excluding ortho intramolecular Hbond substituents is 1. The van der Waals surface area contributed by atoms with Crippen molar-refractivity contribution in [2.45, 2.75) is 53.9 Å². The molecule has 43 heavy (non-hydrogen) atoms. The molecule has 4 fully saturated rings. The average Bonchev–Trinajstić information content (AvgIpc) is 3.33. The molecular formula is C33H33Cl2N3O5. The fraction of sp³-hybridized carbons (Fsp3) is 0.455. The van der Waals surface area contributed by atoms with Gasteiger partial charge in [0.25, 0.3) is 11.8 Å². The zero-order valence-corrected chi connectivity index (χ0v) is 25.3. The van der Waals surface area contributed by atoms with Crippen molar-refractivity contribution in [2.24, 2.45) is 17.8 Å². The van der Waals surface area contributed by atoms with Gasteiger partial charge >= 0.3 is 0 Å². The SMILES string of the molecule is CN1C(=O)[C@]2(Cl)C[C@@H]3C(=CC[C@@H]4C(=O)N(C5CCN(Cc6ccccc6)CC5)C(=O)[C@@H]43)[C@H](c3ccc(O)cc3)[C@]2(Cl)C1=O. The summed E-state index contributed by atoms with van der Waals surface area (Å²) >= 11 is 14.4. The van der Waals surface area contributed by atoms with E-state index in [0.29, 0.717) is 24.8 Å². The van der Waals surface area contributed by atoms with E-state index in [1.807, 2.05) is 24.3 Å². The Labute approximate surface area is 260 Å². The van der Waals surface area contributed by atoms with Gasteiger partial charge in [0, 0.05) is 38.6 Å². The highest BCUT2D eigenvalue weighted by atomic mass is 35.5. The first kappa shape index (κ1) is 28.6. The topological polar surface area (TPSA) is 98.2 Å². The van der Waals surface area contributed by atoms with Crippen LogP contribution in [0.4, 0.5) is 0 Å². The number of allylic oxidation sites excluding steroid dienone is 2. The van der Waals surface area contributed by atoms with Crippen molar-refractivity contribution < 1.29 is 24.3 Å². The van der Waals surface area contributed by atoms with Gasteiger partial charge < -0.3 is 5.11 Å². The highest BCUT2D eigenvalue weighted by molar-refractivity contribution is 6.53. The van der Waals surface area contributed by atoms with Gasteiger partial charge in [-0.25, -0.2) is 0 Å². The molecule has 2 aromatic carbocycles. The zero-order chi connectivity index (χ0) is 30.3. The third kappa shape index (κ3) is 4.06.